The number of carbonyl (C=O) groups excluding carboxylic acids is 1. The first-order valence-corrected chi connectivity index (χ1v) is 8.59. The van der Waals surface area contributed by atoms with Crippen molar-refractivity contribution >= 4 is 5.91 Å². The molecule has 0 aliphatic carbocycles. The molecule has 0 heterocycles. The third-order valence-electron chi connectivity index (χ3n) is 4.01. The van der Waals surface area contributed by atoms with E-state index in [1.54, 1.807) is 0 Å². The maximum Gasteiger partial charge on any atom is 0.257 e. The van der Waals surface area contributed by atoms with Gasteiger partial charge in [0.1, 0.15) is 5.75 Å². The zero-order chi connectivity index (χ0) is 18.3. The van der Waals surface area contributed by atoms with E-state index in [2.05, 4.69) is 26.1 Å². The van der Waals surface area contributed by atoms with E-state index in [9.17, 15) is 9.90 Å². The van der Waals surface area contributed by atoms with Crippen LogP contribution >= 0.6 is 0 Å². The third-order valence-corrected chi connectivity index (χ3v) is 4.01. The molecule has 134 valence electrons. The Labute approximate surface area is 149 Å². The van der Waals surface area contributed by atoms with Crippen LogP contribution in [0.4, 0.5) is 0 Å². The fourth-order valence-corrected chi connectivity index (χ4v) is 2.44. The lowest BCUT2D eigenvalue weighted by molar-refractivity contribution is -0.123. The van der Waals surface area contributed by atoms with Crippen molar-refractivity contribution in [2.75, 3.05) is 13.2 Å². The molecule has 0 saturated carbocycles. The maximum atomic E-state index is 11.8. The van der Waals surface area contributed by atoms with Gasteiger partial charge < -0.3 is 15.2 Å². The monoisotopic (exact) mass is 341 g/mol. The van der Waals surface area contributed by atoms with Crippen molar-refractivity contribution in [1.82, 2.24) is 5.32 Å². The van der Waals surface area contributed by atoms with E-state index < -0.39 is 6.10 Å². The number of hydrogen-bond donors (Lipinski definition) is 2. The number of rotatable bonds is 7. The summed E-state index contributed by atoms with van der Waals surface area (Å²) < 4.78 is 5.50. The van der Waals surface area contributed by atoms with E-state index in [0.717, 1.165) is 5.56 Å². The molecule has 0 spiro atoms. The normalized spacial score (nSPS) is 12.5. The molecule has 4 nitrogen and oxygen atoms in total. The van der Waals surface area contributed by atoms with Crippen LogP contribution in [0.3, 0.4) is 0 Å². The zero-order valence-corrected chi connectivity index (χ0v) is 15.2. The molecule has 2 N–H and O–H groups in total. The summed E-state index contributed by atoms with van der Waals surface area (Å²) >= 11 is 0. The van der Waals surface area contributed by atoms with E-state index >= 15 is 0 Å². The van der Waals surface area contributed by atoms with Crippen LogP contribution in [0.25, 0.3) is 0 Å². The van der Waals surface area contributed by atoms with Gasteiger partial charge in [-0.15, -0.1) is 0 Å². The number of aliphatic hydroxyl groups is 1. The van der Waals surface area contributed by atoms with Crippen LogP contribution in [0.5, 0.6) is 5.75 Å². The Morgan fingerprint density at radius 1 is 1.08 bits per heavy atom. The van der Waals surface area contributed by atoms with E-state index in [1.807, 2.05) is 54.6 Å². The van der Waals surface area contributed by atoms with Gasteiger partial charge in [0.05, 0.1) is 6.10 Å². The van der Waals surface area contributed by atoms with Crippen LogP contribution in [-0.4, -0.2) is 24.2 Å². The minimum atomic E-state index is -0.577. The second-order valence-electron chi connectivity index (χ2n) is 7.13. The summed E-state index contributed by atoms with van der Waals surface area (Å²) in [5, 5.41) is 12.8. The Bertz CT molecular complexity index is 660. The van der Waals surface area contributed by atoms with Crippen molar-refractivity contribution in [2.45, 2.75) is 38.7 Å². The highest BCUT2D eigenvalue weighted by Crippen LogP contribution is 2.24. The van der Waals surface area contributed by atoms with Crippen molar-refractivity contribution in [3.8, 4) is 5.75 Å². The molecule has 0 saturated heterocycles. The number of ether oxygens (including phenoxy) is 1. The highest BCUT2D eigenvalue weighted by molar-refractivity contribution is 5.77. The summed E-state index contributed by atoms with van der Waals surface area (Å²) in [6, 6.07) is 17.2. The van der Waals surface area contributed by atoms with Gasteiger partial charge in [0.15, 0.2) is 6.61 Å². The Kier molecular flexibility index (Phi) is 6.59. The van der Waals surface area contributed by atoms with E-state index in [-0.39, 0.29) is 17.9 Å². The van der Waals surface area contributed by atoms with Crippen molar-refractivity contribution in [3.63, 3.8) is 0 Å². The van der Waals surface area contributed by atoms with Gasteiger partial charge in [0.2, 0.25) is 0 Å². The predicted molar refractivity (Wildman–Crippen MR) is 99.7 cm³/mol. The predicted octanol–water partition coefficient (Wildman–Crippen LogP) is 3.60. The zero-order valence-electron chi connectivity index (χ0n) is 15.2. The molecule has 4 heteroatoms. The summed E-state index contributed by atoms with van der Waals surface area (Å²) in [5.74, 6) is 0.479. The molecule has 2 aromatic carbocycles. The highest BCUT2D eigenvalue weighted by Gasteiger charge is 2.13. The van der Waals surface area contributed by atoms with Gasteiger partial charge in [0, 0.05) is 6.54 Å². The number of benzene rings is 2. The molecule has 2 aromatic rings. The Balaban J connectivity index is 1.70. The number of carbonyl (C=O) groups is 1. The molecular weight excluding hydrogens is 314 g/mol. The van der Waals surface area contributed by atoms with Crippen molar-refractivity contribution in [2.24, 2.45) is 0 Å². The van der Waals surface area contributed by atoms with Gasteiger partial charge in [-0.25, -0.2) is 0 Å². The number of aliphatic hydroxyl groups excluding tert-OH is 1. The molecule has 2 rings (SSSR count). The second kappa shape index (κ2) is 8.67. The standard InChI is InChI=1S/C21H27NO3/c1-21(2,3)17-9-11-18(12-10-17)25-15-20(24)22-14-13-19(23)16-7-5-4-6-8-16/h4-12,19,23H,13-15H2,1-3H3,(H,22,24)/t19-/m1/s1. The molecule has 0 bridgehead atoms. The first-order chi connectivity index (χ1) is 11.9. The topological polar surface area (TPSA) is 58.6 Å². The fourth-order valence-electron chi connectivity index (χ4n) is 2.44. The Morgan fingerprint density at radius 2 is 1.72 bits per heavy atom. The maximum absolute atomic E-state index is 11.8. The first-order valence-electron chi connectivity index (χ1n) is 8.59. The second-order valence-corrected chi connectivity index (χ2v) is 7.13. The van der Waals surface area contributed by atoms with Crippen LogP contribution in [-0.2, 0) is 10.2 Å². The smallest absolute Gasteiger partial charge is 0.257 e. The first kappa shape index (κ1) is 19.0. The van der Waals surface area contributed by atoms with E-state index in [1.165, 1.54) is 5.56 Å². The SMILES string of the molecule is CC(C)(C)c1ccc(OCC(=O)NCC[C@@H](O)c2ccccc2)cc1. The van der Waals surface area contributed by atoms with Crippen LogP contribution in [0, 0.1) is 0 Å². The quantitative estimate of drug-likeness (QED) is 0.809. The van der Waals surface area contributed by atoms with E-state index in [4.69, 9.17) is 4.74 Å². The largest absolute Gasteiger partial charge is 0.484 e. The number of nitrogens with one attached hydrogen (secondary N) is 1. The molecule has 0 fully saturated rings. The van der Waals surface area contributed by atoms with Gasteiger partial charge in [-0.05, 0) is 35.1 Å². The number of hydrogen-bond acceptors (Lipinski definition) is 3. The van der Waals surface area contributed by atoms with Gasteiger partial charge in [0.25, 0.3) is 5.91 Å². The molecule has 0 aromatic heterocycles. The molecular formula is C21H27NO3. The Hall–Kier alpha value is -2.33. The third kappa shape index (κ3) is 6.24. The summed E-state index contributed by atoms with van der Waals surface area (Å²) in [6.45, 7) is 6.83. The summed E-state index contributed by atoms with van der Waals surface area (Å²) in [7, 11) is 0. The lowest BCUT2D eigenvalue weighted by Crippen LogP contribution is -2.30. The highest BCUT2D eigenvalue weighted by atomic mass is 16.5. The average molecular weight is 341 g/mol. The molecule has 25 heavy (non-hydrogen) atoms. The minimum absolute atomic E-state index is 0.0315. The van der Waals surface area contributed by atoms with Crippen LogP contribution in [0.2, 0.25) is 0 Å². The van der Waals surface area contributed by atoms with Gasteiger partial charge >= 0.3 is 0 Å². The summed E-state index contributed by atoms with van der Waals surface area (Å²) in [5.41, 5.74) is 2.17. The average Bonchev–Trinajstić information content (AvgIpc) is 2.60. The van der Waals surface area contributed by atoms with E-state index in [0.29, 0.717) is 18.7 Å². The van der Waals surface area contributed by atoms with Gasteiger partial charge in [-0.3, -0.25) is 4.79 Å². The molecule has 0 unspecified atom stereocenters. The van der Waals surface area contributed by atoms with Crippen LogP contribution in [0.15, 0.2) is 54.6 Å². The lowest BCUT2D eigenvalue weighted by atomic mass is 9.87. The molecule has 1 amide bonds. The van der Waals surface area contributed by atoms with Gasteiger partial charge in [-0.2, -0.15) is 0 Å². The van der Waals surface area contributed by atoms with Gasteiger partial charge in [-0.1, -0.05) is 63.2 Å². The van der Waals surface area contributed by atoms with Crippen molar-refractivity contribution in [3.05, 3.63) is 65.7 Å². The summed E-state index contributed by atoms with van der Waals surface area (Å²) in [4.78, 5) is 11.8. The molecule has 0 aliphatic heterocycles. The fraction of sp³-hybridized carbons (Fsp3) is 0.381. The Morgan fingerprint density at radius 3 is 2.32 bits per heavy atom. The van der Waals surface area contributed by atoms with Crippen molar-refractivity contribution in [1.29, 1.82) is 0 Å². The molecule has 0 aliphatic rings. The van der Waals surface area contributed by atoms with Crippen LogP contribution < -0.4 is 10.1 Å². The molecule has 0 radical (unpaired) electrons. The lowest BCUT2D eigenvalue weighted by Gasteiger charge is -2.19. The minimum Gasteiger partial charge on any atom is -0.484 e. The van der Waals surface area contributed by atoms with Crippen molar-refractivity contribution < 1.29 is 14.6 Å². The van der Waals surface area contributed by atoms with Crippen LogP contribution in [0.1, 0.15) is 44.4 Å². The molecule has 1 atom stereocenters. The summed E-state index contributed by atoms with van der Waals surface area (Å²) in [6.07, 6.45) is -0.108. The number of amides is 1.